The molecule has 3 nitrogen and oxygen atoms in total. The molecular formula is C14H26O3. The van der Waals surface area contributed by atoms with Gasteiger partial charge in [0.25, 0.3) is 0 Å². The van der Waals surface area contributed by atoms with Crippen LogP contribution < -0.4 is 0 Å². The predicted molar refractivity (Wildman–Crippen MR) is 67.0 cm³/mol. The standard InChI is InChI=1S/C14H26O3/c1-16-12-6-9-14(15,10-7-12)8-2-4-13-5-3-11-17-13/h12-13,15H,2-11H2,1H3. The first-order valence-electron chi connectivity index (χ1n) is 7.09. The molecule has 0 aromatic rings. The Balaban J connectivity index is 1.64. The summed E-state index contributed by atoms with van der Waals surface area (Å²) in [7, 11) is 1.77. The van der Waals surface area contributed by atoms with E-state index in [4.69, 9.17) is 9.47 Å². The van der Waals surface area contributed by atoms with Gasteiger partial charge in [0.1, 0.15) is 0 Å². The number of hydrogen-bond donors (Lipinski definition) is 1. The number of methoxy groups -OCH3 is 1. The lowest BCUT2D eigenvalue weighted by molar-refractivity contribution is -0.0508. The summed E-state index contributed by atoms with van der Waals surface area (Å²) in [5.41, 5.74) is -0.423. The third kappa shape index (κ3) is 3.94. The van der Waals surface area contributed by atoms with E-state index in [0.29, 0.717) is 12.2 Å². The molecular weight excluding hydrogens is 216 g/mol. The highest BCUT2D eigenvalue weighted by atomic mass is 16.5. The van der Waals surface area contributed by atoms with E-state index in [1.165, 1.54) is 12.8 Å². The third-order valence-electron chi connectivity index (χ3n) is 4.39. The van der Waals surface area contributed by atoms with E-state index in [2.05, 4.69) is 0 Å². The quantitative estimate of drug-likeness (QED) is 0.805. The first-order valence-corrected chi connectivity index (χ1v) is 7.09. The molecule has 1 saturated carbocycles. The molecule has 0 amide bonds. The van der Waals surface area contributed by atoms with E-state index in [-0.39, 0.29) is 0 Å². The third-order valence-corrected chi connectivity index (χ3v) is 4.39. The van der Waals surface area contributed by atoms with Gasteiger partial charge in [0, 0.05) is 13.7 Å². The largest absolute Gasteiger partial charge is 0.390 e. The maximum absolute atomic E-state index is 10.5. The molecule has 0 radical (unpaired) electrons. The molecule has 0 aromatic heterocycles. The van der Waals surface area contributed by atoms with Crippen molar-refractivity contribution in [3.05, 3.63) is 0 Å². The summed E-state index contributed by atoms with van der Waals surface area (Å²) in [5, 5.41) is 10.5. The van der Waals surface area contributed by atoms with Gasteiger partial charge in [-0.1, -0.05) is 0 Å². The average Bonchev–Trinajstić information content (AvgIpc) is 2.83. The SMILES string of the molecule is COC1CCC(O)(CCCC2CCCO2)CC1. The second kappa shape index (κ2) is 6.17. The van der Waals surface area contributed by atoms with Gasteiger partial charge in [-0.2, -0.15) is 0 Å². The van der Waals surface area contributed by atoms with Crippen molar-refractivity contribution in [1.29, 1.82) is 0 Å². The van der Waals surface area contributed by atoms with Crippen LogP contribution in [0, 0.1) is 0 Å². The van der Waals surface area contributed by atoms with Crippen LogP contribution in [0.25, 0.3) is 0 Å². The zero-order valence-electron chi connectivity index (χ0n) is 11.0. The van der Waals surface area contributed by atoms with Crippen molar-refractivity contribution in [2.45, 2.75) is 75.6 Å². The zero-order chi connectivity index (χ0) is 12.1. The zero-order valence-corrected chi connectivity index (χ0v) is 11.0. The summed E-state index contributed by atoms with van der Waals surface area (Å²) < 4.78 is 10.9. The van der Waals surface area contributed by atoms with E-state index < -0.39 is 5.60 Å². The van der Waals surface area contributed by atoms with Gasteiger partial charge in [-0.3, -0.25) is 0 Å². The van der Waals surface area contributed by atoms with Gasteiger partial charge in [-0.25, -0.2) is 0 Å². The van der Waals surface area contributed by atoms with Crippen molar-refractivity contribution in [3.63, 3.8) is 0 Å². The molecule has 0 bridgehead atoms. The Morgan fingerprint density at radius 1 is 1.29 bits per heavy atom. The Hall–Kier alpha value is -0.120. The summed E-state index contributed by atoms with van der Waals surface area (Å²) in [6.07, 6.45) is 10.2. The van der Waals surface area contributed by atoms with Crippen molar-refractivity contribution in [3.8, 4) is 0 Å². The number of aliphatic hydroxyl groups is 1. The fraction of sp³-hybridized carbons (Fsp3) is 1.00. The van der Waals surface area contributed by atoms with E-state index in [9.17, 15) is 5.11 Å². The van der Waals surface area contributed by atoms with E-state index in [1.54, 1.807) is 7.11 Å². The predicted octanol–water partition coefficient (Wildman–Crippen LogP) is 2.66. The first kappa shape index (κ1) is 13.3. The summed E-state index contributed by atoms with van der Waals surface area (Å²) in [6.45, 7) is 0.935. The smallest absolute Gasteiger partial charge is 0.0649 e. The molecule has 1 heterocycles. The molecule has 100 valence electrons. The molecule has 1 saturated heterocycles. The van der Waals surface area contributed by atoms with Gasteiger partial charge in [0.2, 0.25) is 0 Å². The molecule has 1 atom stereocenters. The molecule has 2 aliphatic rings. The van der Waals surface area contributed by atoms with Crippen LogP contribution in [-0.4, -0.2) is 36.6 Å². The Kier molecular flexibility index (Phi) is 4.83. The molecule has 0 spiro atoms. The summed E-state index contributed by atoms with van der Waals surface area (Å²) in [6, 6.07) is 0. The number of hydrogen-bond acceptors (Lipinski definition) is 3. The normalized spacial score (nSPS) is 38.5. The monoisotopic (exact) mass is 242 g/mol. The Labute approximate surface area is 104 Å². The maximum Gasteiger partial charge on any atom is 0.0649 e. The van der Waals surface area contributed by atoms with Crippen LogP contribution in [0.3, 0.4) is 0 Å². The minimum atomic E-state index is -0.423. The van der Waals surface area contributed by atoms with Crippen molar-refractivity contribution in [1.82, 2.24) is 0 Å². The Bertz CT molecular complexity index is 216. The molecule has 1 aliphatic heterocycles. The highest BCUT2D eigenvalue weighted by Gasteiger charge is 2.32. The van der Waals surface area contributed by atoms with Crippen LogP contribution in [0.1, 0.15) is 57.8 Å². The maximum atomic E-state index is 10.5. The van der Waals surface area contributed by atoms with Crippen molar-refractivity contribution < 1.29 is 14.6 Å². The molecule has 2 fully saturated rings. The van der Waals surface area contributed by atoms with Crippen LogP contribution in [0.4, 0.5) is 0 Å². The molecule has 1 unspecified atom stereocenters. The van der Waals surface area contributed by atoms with E-state index in [0.717, 1.165) is 51.6 Å². The minimum Gasteiger partial charge on any atom is -0.390 e. The molecule has 1 N–H and O–H groups in total. The van der Waals surface area contributed by atoms with Gasteiger partial charge in [-0.15, -0.1) is 0 Å². The summed E-state index contributed by atoms with van der Waals surface area (Å²) >= 11 is 0. The number of rotatable bonds is 5. The van der Waals surface area contributed by atoms with Crippen LogP contribution in [-0.2, 0) is 9.47 Å². The summed E-state index contributed by atoms with van der Waals surface area (Å²) in [4.78, 5) is 0. The van der Waals surface area contributed by atoms with Crippen molar-refractivity contribution in [2.24, 2.45) is 0 Å². The lowest BCUT2D eigenvalue weighted by Crippen LogP contribution is -2.36. The molecule has 2 rings (SSSR count). The molecule has 0 aromatic carbocycles. The lowest BCUT2D eigenvalue weighted by Gasteiger charge is -2.35. The number of ether oxygens (including phenoxy) is 2. The van der Waals surface area contributed by atoms with Gasteiger partial charge in [0.05, 0.1) is 17.8 Å². The van der Waals surface area contributed by atoms with Crippen molar-refractivity contribution in [2.75, 3.05) is 13.7 Å². The molecule has 3 heteroatoms. The average molecular weight is 242 g/mol. The molecule has 17 heavy (non-hydrogen) atoms. The van der Waals surface area contributed by atoms with Gasteiger partial charge in [0.15, 0.2) is 0 Å². The highest BCUT2D eigenvalue weighted by molar-refractivity contribution is 4.86. The second-order valence-corrected chi connectivity index (χ2v) is 5.69. The topological polar surface area (TPSA) is 38.7 Å². The molecule has 1 aliphatic carbocycles. The van der Waals surface area contributed by atoms with E-state index in [1.807, 2.05) is 0 Å². The van der Waals surface area contributed by atoms with Crippen molar-refractivity contribution >= 4 is 0 Å². The Morgan fingerprint density at radius 3 is 2.65 bits per heavy atom. The fourth-order valence-corrected chi connectivity index (χ4v) is 3.15. The lowest BCUT2D eigenvalue weighted by atomic mass is 9.80. The second-order valence-electron chi connectivity index (χ2n) is 5.69. The van der Waals surface area contributed by atoms with Crippen LogP contribution in [0.15, 0.2) is 0 Å². The highest BCUT2D eigenvalue weighted by Crippen LogP contribution is 2.34. The van der Waals surface area contributed by atoms with Gasteiger partial charge < -0.3 is 14.6 Å². The Morgan fingerprint density at radius 2 is 2.06 bits per heavy atom. The fourth-order valence-electron chi connectivity index (χ4n) is 3.15. The van der Waals surface area contributed by atoms with Crippen LogP contribution in [0.2, 0.25) is 0 Å². The van der Waals surface area contributed by atoms with Crippen LogP contribution >= 0.6 is 0 Å². The first-order chi connectivity index (χ1) is 8.22. The minimum absolute atomic E-state index is 0.369. The summed E-state index contributed by atoms with van der Waals surface area (Å²) in [5.74, 6) is 0. The van der Waals surface area contributed by atoms with Gasteiger partial charge >= 0.3 is 0 Å². The van der Waals surface area contributed by atoms with Gasteiger partial charge in [-0.05, 0) is 57.8 Å². The van der Waals surface area contributed by atoms with Crippen LogP contribution in [0.5, 0.6) is 0 Å². The van der Waals surface area contributed by atoms with E-state index >= 15 is 0 Å².